The molecule has 0 amide bonds. The van der Waals surface area contributed by atoms with Gasteiger partial charge in [0.05, 0.1) is 11.6 Å². The van der Waals surface area contributed by atoms with Gasteiger partial charge in [0.2, 0.25) is 0 Å². The van der Waals surface area contributed by atoms with Gasteiger partial charge in [-0.3, -0.25) is 9.69 Å². The lowest BCUT2D eigenvalue weighted by atomic mass is 9.92. The Kier molecular flexibility index (Phi) is 3.93. The van der Waals surface area contributed by atoms with Crippen LogP contribution in [0.2, 0.25) is 0 Å². The smallest absolute Gasteiger partial charge is 0.308 e. The number of carboxylic acids is 1. The second-order valence-corrected chi connectivity index (χ2v) is 6.70. The van der Waals surface area contributed by atoms with Crippen LogP contribution >= 0.6 is 0 Å². The highest BCUT2D eigenvalue weighted by Crippen LogP contribution is 2.44. The van der Waals surface area contributed by atoms with E-state index in [1.54, 1.807) is 6.20 Å². The zero-order valence-corrected chi connectivity index (χ0v) is 12.7. The maximum absolute atomic E-state index is 11.4. The Balaban J connectivity index is 1.68. The van der Waals surface area contributed by atoms with Gasteiger partial charge in [0, 0.05) is 31.7 Å². The topological polar surface area (TPSA) is 66.3 Å². The summed E-state index contributed by atoms with van der Waals surface area (Å²) in [5.41, 5.74) is 0.995. The number of likely N-dealkylation sites (tertiary alicyclic amines) is 1. The summed E-state index contributed by atoms with van der Waals surface area (Å²) in [6.07, 6.45) is 4.21. The first-order chi connectivity index (χ1) is 10.0. The molecule has 1 saturated carbocycles. The first kappa shape index (κ1) is 14.4. The van der Waals surface area contributed by atoms with Crippen LogP contribution in [0.1, 0.15) is 44.1 Å². The molecule has 21 heavy (non-hydrogen) atoms. The third-order valence-electron chi connectivity index (χ3n) is 4.62. The second kappa shape index (κ2) is 5.72. The Labute approximate surface area is 125 Å². The Hall–Kier alpha value is -1.49. The molecule has 0 aromatic carbocycles. The Morgan fingerprint density at radius 3 is 2.81 bits per heavy atom. The van der Waals surface area contributed by atoms with E-state index in [0.29, 0.717) is 24.3 Å². The van der Waals surface area contributed by atoms with Gasteiger partial charge in [0.1, 0.15) is 5.82 Å². The Morgan fingerprint density at radius 1 is 1.43 bits per heavy atom. The van der Waals surface area contributed by atoms with Crippen molar-refractivity contribution < 1.29 is 9.90 Å². The lowest BCUT2D eigenvalue weighted by Gasteiger charge is -2.15. The van der Waals surface area contributed by atoms with E-state index in [4.69, 9.17) is 0 Å². The van der Waals surface area contributed by atoms with E-state index in [1.807, 2.05) is 6.07 Å². The van der Waals surface area contributed by atoms with Crippen molar-refractivity contribution in [2.24, 2.45) is 17.8 Å². The number of carbonyl (C=O) groups is 1. The maximum Gasteiger partial charge on any atom is 0.308 e. The highest BCUT2D eigenvalue weighted by atomic mass is 16.4. The lowest BCUT2D eigenvalue weighted by molar-refractivity contribution is -0.142. The fourth-order valence-corrected chi connectivity index (χ4v) is 3.31. The predicted octanol–water partition coefficient (Wildman–Crippen LogP) is 2.14. The third kappa shape index (κ3) is 3.23. The highest BCUT2D eigenvalue weighted by molar-refractivity contribution is 5.71. The van der Waals surface area contributed by atoms with E-state index in [0.717, 1.165) is 24.6 Å². The molecule has 1 aromatic heterocycles. The first-order valence-corrected chi connectivity index (χ1v) is 7.81. The molecule has 1 aromatic rings. The van der Waals surface area contributed by atoms with Crippen molar-refractivity contribution in [3.8, 4) is 0 Å². The molecular weight excluding hydrogens is 266 g/mol. The fraction of sp³-hybridized carbons (Fsp3) is 0.688. The van der Waals surface area contributed by atoms with Crippen molar-refractivity contribution in [2.75, 3.05) is 13.1 Å². The SMILES string of the molecule is CC(C)c1nccc(CN2C[C@@H](C(=O)O)[C@H](C3CC3)C2)n1. The fourth-order valence-electron chi connectivity index (χ4n) is 3.31. The molecule has 3 rings (SSSR count). The van der Waals surface area contributed by atoms with Gasteiger partial charge >= 0.3 is 5.97 Å². The normalized spacial score (nSPS) is 26.4. The summed E-state index contributed by atoms with van der Waals surface area (Å²) < 4.78 is 0. The van der Waals surface area contributed by atoms with Crippen LogP contribution < -0.4 is 0 Å². The number of hydrogen-bond acceptors (Lipinski definition) is 4. The summed E-state index contributed by atoms with van der Waals surface area (Å²) in [7, 11) is 0. The summed E-state index contributed by atoms with van der Waals surface area (Å²) in [6, 6.07) is 1.94. The lowest BCUT2D eigenvalue weighted by Crippen LogP contribution is -2.24. The van der Waals surface area contributed by atoms with Crippen molar-refractivity contribution >= 4 is 5.97 Å². The minimum Gasteiger partial charge on any atom is -0.481 e. The van der Waals surface area contributed by atoms with Gasteiger partial charge in [-0.05, 0) is 30.7 Å². The standard InChI is InChI=1S/C16H23N3O2/c1-10(2)15-17-6-5-12(18-15)7-19-8-13(11-3-4-11)14(9-19)16(20)21/h5-6,10-11,13-14H,3-4,7-9H2,1-2H3,(H,20,21)/t13-,14+/m0/s1. The first-order valence-electron chi connectivity index (χ1n) is 7.81. The van der Waals surface area contributed by atoms with Crippen LogP contribution in [0.25, 0.3) is 0 Å². The van der Waals surface area contributed by atoms with E-state index in [1.165, 1.54) is 12.8 Å². The van der Waals surface area contributed by atoms with Gasteiger partial charge in [0.25, 0.3) is 0 Å². The number of nitrogens with zero attached hydrogens (tertiary/aromatic N) is 3. The minimum absolute atomic E-state index is 0.205. The van der Waals surface area contributed by atoms with Crippen LogP contribution in [0, 0.1) is 17.8 Å². The molecule has 1 N–H and O–H groups in total. The molecular formula is C16H23N3O2. The van der Waals surface area contributed by atoms with E-state index in [-0.39, 0.29) is 5.92 Å². The second-order valence-electron chi connectivity index (χ2n) is 6.70. The van der Waals surface area contributed by atoms with E-state index in [9.17, 15) is 9.90 Å². The zero-order valence-electron chi connectivity index (χ0n) is 12.7. The van der Waals surface area contributed by atoms with Gasteiger partial charge in [-0.2, -0.15) is 0 Å². The predicted molar refractivity (Wildman–Crippen MR) is 78.7 cm³/mol. The summed E-state index contributed by atoms with van der Waals surface area (Å²) in [5.74, 6) is 1.29. The van der Waals surface area contributed by atoms with Crippen molar-refractivity contribution in [2.45, 2.75) is 39.2 Å². The maximum atomic E-state index is 11.4. The third-order valence-corrected chi connectivity index (χ3v) is 4.62. The molecule has 2 aliphatic rings. The Bertz CT molecular complexity index is 528. The largest absolute Gasteiger partial charge is 0.481 e. The zero-order chi connectivity index (χ0) is 15.0. The molecule has 2 fully saturated rings. The van der Waals surface area contributed by atoms with E-state index < -0.39 is 5.97 Å². The quantitative estimate of drug-likeness (QED) is 0.899. The molecule has 1 aliphatic heterocycles. The molecule has 0 unspecified atom stereocenters. The minimum atomic E-state index is -0.639. The van der Waals surface area contributed by atoms with Crippen LogP contribution in [-0.2, 0) is 11.3 Å². The van der Waals surface area contributed by atoms with Crippen LogP contribution in [0.3, 0.4) is 0 Å². The van der Waals surface area contributed by atoms with E-state index in [2.05, 4.69) is 28.7 Å². The summed E-state index contributed by atoms with van der Waals surface area (Å²) in [4.78, 5) is 22.6. The highest BCUT2D eigenvalue weighted by Gasteiger charge is 2.45. The average Bonchev–Trinajstić information content (AvgIpc) is 3.20. The molecule has 1 aliphatic carbocycles. The number of rotatable bonds is 5. The molecule has 2 heterocycles. The molecule has 2 atom stereocenters. The van der Waals surface area contributed by atoms with Crippen LogP contribution in [-0.4, -0.2) is 39.0 Å². The molecule has 0 bridgehead atoms. The van der Waals surface area contributed by atoms with Crippen molar-refractivity contribution in [1.82, 2.24) is 14.9 Å². The molecule has 5 heteroatoms. The van der Waals surface area contributed by atoms with Gasteiger partial charge < -0.3 is 5.11 Å². The van der Waals surface area contributed by atoms with Crippen LogP contribution in [0.5, 0.6) is 0 Å². The van der Waals surface area contributed by atoms with Gasteiger partial charge in [-0.1, -0.05) is 13.8 Å². The van der Waals surface area contributed by atoms with Crippen LogP contribution in [0.15, 0.2) is 12.3 Å². The summed E-state index contributed by atoms with van der Waals surface area (Å²) >= 11 is 0. The van der Waals surface area contributed by atoms with E-state index >= 15 is 0 Å². The van der Waals surface area contributed by atoms with Gasteiger partial charge in [-0.15, -0.1) is 0 Å². The monoisotopic (exact) mass is 289 g/mol. The van der Waals surface area contributed by atoms with Crippen molar-refractivity contribution in [1.29, 1.82) is 0 Å². The Morgan fingerprint density at radius 2 is 2.19 bits per heavy atom. The molecule has 114 valence electrons. The average molecular weight is 289 g/mol. The molecule has 0 spiro atoms. The molecule has 0 radical (unpaired) electrons. The van der Waals surface area contributed by atoms with Crippen LogP contribution in [0.4, 0.5) is 0 Å². The number of aromatic nitrogens is 2. The number of carboxylic acid groups (broad SMARTS) is 1. The molecule has 1 saturated heterocycles. The molecule has 5 nitrogen and oxygen atoms in total. The summed E-state index contributed by atoms with van der Waals surface area (Å²) in [6.45, 7) is 6.44. The number of aliphatic carboxylic acids is 1. The van der Waals surface area contributed by atoms with Crippen molar-refractivity contribution in [3.05, 3.63) is 23.8 Å². The van der Waals surface area contributed by atoms with Crippen molar-refractivity contribution in [3.63, 3.8) is 0 Å². The van der Waals surface area contributed by atoms with Gasteiger partial charge in [0.15, 0.2) is 0 Å². The summed E-state index contributed by atoms with van der Waals surface area (Å²) in [5, 5.41) is 9.41. The van der Waals surface area contributed by atoms with Gasteiger partial charge in [-0.25, -0.2) is 9.97 Å². The number of hydrogen-bond donors (Lipinski definition) is 1.